The molecule has 0 aromatic carbocycles. The molecule has 1 saturated carbocycles. The van der Waals surface area contributed by atoms with E-state index in [4.69, 9.17) is 15.0 Å². The number of rotatable bonds is 8. The highest BCUT2D eigenvalue weighted by Crippen LogP contribution is 2.42. The fraction of sp³-hybridized carbons (Fsp3) is 0.360. The van der Waals surface area contributed by atoms with Crippen LogP contribution in [0.2, 0.25) is 0 Å². The molecule has 0 aliphatic heterocycles. The van der Waals surface area contributed by atoms with Gasteiger partial charge in [-0.2, -0.15) is 5.26 Å². The summed E-state index contributed by atoms with van der Waals surface area (Å²) in [4.78, 5) is 15.6. The molecule has 3 aromatic heterocycles. The molecule has 0 bridgehead atoms. The van der Waals surface area contributed by atoms with Gasteiger partial charge in [0.25, 0.3) is 0 Å². The Labute approximate surface area is 189 Å². The Morgan fingerprint density at radius 1 is 1.16 bits per heavy atom. The van der Waals surface area contributed by atoms with Crippen molar-refractivity contribution in [1.29, 1.82) is 5.26 Å². The minimum Gasteiger partial charge on any atom is -0.490 e. The van der Waals surface area contributed by atoms with Gasteiger partial charge >= 0.3 is 0 Å². The van der Waals surface area contributed by atoms with E-state index in [0.29, 0.717) is 35.5 Å². The van der Waals surface area contributed by atoms with E-state index >= 15 is 0 Å². The fourth-order valence-electron chi connectivity index (χ4n) is 3.14. The third kappa shape index (κ3) is 5.21. The van der Waals surface area contributed by atoms with Crippen LogP contribution in [0.15, 0.2) is 48.9 Å². The van der Waals surface area contributed by atoms with Gasteiger partial charge in [0.05, 0.1) is 23.5 Å². The quantitative estimate of drug-likeness (QED) is 0.554. The molecule has 3 aromatic rings. The van der Waals surface area contributed by atoms with Crippen LogP contribution >= 0.6 is 0 Å². The maximum absolute atomic E-state index is 9.15. The number of hydrogen-bond donors (Lipinski definition) is 1. The van der Waals surface area contributed by atoms with Gasteiger partial charge in [-0.25, -0.2) is 9.97 Å². The predicted molar refractivity (Wildman–Crippen MR) is 125 cm³/mol. The predicted octanol–water partition coefficient (Wildman–Crippen LogP) is 4.75. The second-order valence-electron chi connectivity index (χ2n) is 9.02. The highest BCUT2D eigenvalue weighted by atomic mass is 16.5. The smallest absolute Gasteiger partial charge is 0.138 e. The molecule has 7 heteroatoms. The normalized spacial score (nSPS) is 13.6. The fourth-order valence-corrected chi connectivity index (χ4v) is 3.14. The molecule has 164 valence electrons. The molecule has 32 heavy (non-hydrogen) atoms. The SMILES string of the molecule is CN(C)C(C)(C)COc1cncc(-c2cc(C3CC3)cc(Nc3cc(C#N)ccn3)n2)c1. The largest absolute Gasteiger partial charge is 0.490 e. The molecular formula is C25H28N6O. The van der Waals surface area contributed by atoms with Crippen molar-refractivity contribution in [2.75, 3.05) is 26.0 Å². The van der Waals surface area contributed by atoms with E-state index in [2.05, 4.69) is 52.2 Å². The van der Waals surface area contributed by atoms with E-state index in [1.807, 2.05) is 20.2 Å². The van der Waals surface area contributed by atoms with Gasteiger partial charge in [-0.15, -0.1) is 0 Å². The van der Waals surface area contributed by atoms with Gasteiger partial charge in [-0.3, -0.25) is 4.98 Å². The van der Waals surface area contributed by atoms with E-state index in [0.717, 1.165) is 11.3 Å². The van der Waals surface area contributed by atoms with Crippen LogP contribution in [0.5, 0.6) is 5.75 Å². The Balaban J connectivity index is 1.61. The first-order valence-electron chi connectivity index (χ1n) is 10.7. The van der Waals surface area contributed by atoms with Gasteiger partial charge in [0, 0.05) is 23.5 Å². The van der Waals surface area contributed by atoms with E-state index in [1.165, 1.54) is 18.4 Å². The van der Waals surface area contributed by atoms with E-state index in [1.54, 1.807) is 30.7 Å². The number of aromatic nitrogens is 3. The molecule has 7 nitrogen and oxygen atoms in total. The van der Waals surface area contributed by atoms with Crippen LogP contribution in [0, 0.1) is 11.3 Å². The second kappa shape index (κ2) is 8.93. The number of anilines is 2. The van der Waals surface area contributed by atoms with Crippen LogP contribution < -0.4 is 10.1 Å². The molecule has 0 spiro atoms. The Bertz CT molecular complexity index is 1150. The Morgan fingerprint density at radius 2 is 1.97 bits per heavy atom. The third-order valence-corrected chi connectivity index (χ3v) is 5.85. The summed E-state index contributed by atoms with van der Waals surface area (Å²) in [6.45, 7) is 4.82. The van der Waals surface area contributed by atoms with Gasteiger partial charge in [-0.1, -0.05) is 0 Å². The lowest BCUT2D eigenvalue weighted by atomic mass is 10.1. The number of nitrogens with zero attached hydrogens (tertiary/aromatic N) is 5. The van der Waals surface area contributed by atoms with Gasteiger partial charge < -0.3 is 15.0 Å². The van der Waals surface area contributed by atoms with Gasteiger partial charge in [-0.05, 0) is 82.6 Å². The maximum Gasteiger partial charge on any atom is 0.138 e. The van der Waals surface area contributed by atoms with Crippen molar-refractivity contribution in [3.8, 4) is 23.1 Å². The molecule has 3 heterocycles. The Morgan fingerprint density at radius 3 is 2.69 bits per heavy atom. The second-order valence-corrected chi connectivity index (χ2v) is 9.02. The molecule has 1 aliphatic rings. The van der Waals surface area contributed by atoms with Gasteiger partial charge in [0.1, 0.15) is 24.0 Å². The number of pyridine rings is 3. The summed E-state index contributed by atoms with van der Waals surface area (Å²) in [6.07, 6.45) is 7.53. The van der Waals surface area contributed by atoms with Gasteiger partial charge in [0.15, 0.2) is 0 Å². The van der Waals surface area contributed by atoms with Crippen molar-refractivity contribution < 1.29 is 4.74 Å². The van der Waals surface area contributed by atoms with Crippen molar-refractivity contribution in [2.45, 2.75) is 38.1 Å². The zero-order valence-electron chi connectivity index (χ0n) is 19.0. The molecule has 1 aliphatic carbocycles. The van der Waals surface area contributed by atoms with Crippen molar-refractivity contribution >= 4 is 11.6 Å². The van der Waals surface area contributed by atoms with Crippen LogP contribution in [0.25, 0.3) is 11.3 Å². The lowest BCUT2D eigenvalue weighted by Gasteiger charge is -2.32. The van der Waals surface area contributed by atoms with Crippen molar-refractivity contribution in [1.82, 2.24) is 19.9 Å². The van der Waals surface area contributed by atoms with Crippen LogP contribution in [-0.4, -0.2) is 46.1 Å². The third-order valence-electron chi connectivity index (χ3n) is 5.85. The van der Waals surface area contributed by atoms with Crippen molar-refractivity contribution in [3.05, 3.63) is 60.0 Å². The molecule has 0 unspecified atom stereocenters. The average Bonchev–Trinajstić information content (AvgIpc) is 3.63. The van der Waals surface area contributed by atoms with Crippen LogP contribution in [0.4, 0.5) is 11.6 Å². The zero-order valence-corrected chi connectivity index (χ0v) is 19.0. The van der Waals surface area contributed by atoms with Crippen LogP contribution in [-0.2, 0) is 0 Å². The van der Waals surface area contributed by atoms with Gasteiger partial charge in [0.2, 0.25) is 0 Å². The number of nitrogens with one attached hydrogen (secondary N) is 1. The van der Waals surface area contributed by atoms with Crippen LogP contribution in [0.3, 0.4) is 0 Å². The Hall–Kier alpha value is -3.50. The summed E-state index contributed by atoms with van der Waals surface area (Å²) < 4.78 is 6.05. The highest BCUT2D eigenvalue weighted by Gasteiger charge is 2.25. The topological polar surface area (TPSA) is 87.0 Å². The average molecular weight is 429 g/mol. The molecule has 4 rings (SSSR count). The molecule has 0 radical (unpaired) electrons. The maximum atomic E-state index is 9.15. The summed E-state index contributed by atoms with van der Waals surface area (Å²) >= 11 is 0. The van der Waals surface area contributed by atoms with E-state index in [-0.39, 0.29) is 5.54 Å². The number of nitriles is 1. The lowest BCUT2D eigenvalue weighted by molar-refractivity contribution is 0.114. The lowest BCUT2D eigenvalue weighted by Crippen LogP contribution is -2.43. The number of hydrogen-bond acceptors (Lipinski definition) is 7. The highest BCUT2D eigenvalue weighted by molar-refractivity contribution is 5.65. The number of ether oxygens (including phenoxy) is 1. The van der Waals surface area contributed by atoms with E-state index in [9.17, 15) is 0 Å². The minimum absolute atomic E-state index is 0.0950. The summed E-state index contributed by atoms with van der Waals surface area (Å²) in [7, 11) is 4.09. The first-order chi connectivity index (χ1) is 15.3. The number of likely N-dealkylation sites (N-methyl/N-ethyl adjacent to an activating group) is 1. The molecule has 0 atom stereocenters. The standard InChI is InChI=1S/C25H28N6O/c1-25(2,31(3)4)16-32-21-10-20(14-27-15-21)22-11-19(18-5-6-18)12-24(29-22)30-23-9-17(13-26)7-8-28-23/h7-12,14-15,18H,5-6,16H2,1-4H3,(H,28,29,30). The first-order valence-corrected chi connectivity index (χ1v) is 10.7. The molecule has 1 N–H and O–H groups in total. The van der Waals surface area contributed by atoms with Crippen molar-refractivity contribution in [3.63, 3.8) is 0 Å². The van der Waals surface area contributed by atoms with Crippen molar-refractivity contribution in [2.24, 2.45) is 0 Å². The Kier molecular flexibility index (Phi) is 6.06. The summed E-state index contributed by atoms with van der Waals surface area (Å²) in [6, 6.07) is 11.7. The van der Waals surface area contributed by atoms with Crippen LogP contribution in [0.1, 0.15) is 43.7 Å². The molecule has 0 saturated heterocycles. The zero-order chi connectivity index (χ0) is 22.7. The summed E-state index contributed by atoms with van der Waals surface area (Å²) in [5.41, 5.74) is 3.43. The first kappa shape index (κ1) is 21.7. The monoisotopic (exact) mass is 428 g/mol. The molecular weight excluding hydrogens is 400 g/mol. The summed E-state index contributed by atoms with van der Waals surface area (Å²) in [5, 5.41) is 12.4. The molecule has 0 amide bonds. The van der Waals surface area contributed by atoms with E-state index < -0.39 is 0 Å². The summed E-state index contributed by atoms with van der Waals surface area (Å²) in [5.74, 6) is 2.57. The minimum atomic E-state index is -0.0950. The molecule has 1 fully saturated rings.